The second-order valence-corrected chi connectivity index (χ2v) is 11.4. The smallest absolute Gasteiger partial charge is 0.237 e. The molecule has 0 saturated heterocycles. The van der Waals surface area contributed by atoms with Gasteiger partial charge in [0, 0.05) is 22.9 Å². The van der Waals surface area contributed by atoms with Crippen LogP contribution in [-0.4, -0.2) is 37.3 Å². The van der Waals surface area contributed by atoms with E-state index in [2.05, 4.69) is 10.6 Å². The minimum absolute atomic E-state index is 0.0955. The van der Waals surface area contributed by atoms with Crippen molar-refractivity contribution in [3.05, 3.63) is 53.1 Å². The number of carbonyl (C=O) groups is 2. The van der Waals surface area contributed by atoms with E-state index < -0.39 is 15.1 Å². The molecule has 2 atom stereocenters. The summed E-state index contributed by atoms with van der Waals surface area (Å²) in [6.07, 6.45) is 0.489. The van der Waals surface area contributed by atoms with E-state index in [0.29, 0.717) is 23.7 Å². The Hall–Kier alpha value is -2.03. The van der Waals surface area contributed by atoms with Crippen molar-refractivity contribution in [1.82, 2.24) is 5.32 Å². The second-order valence-electron chi connectivity index (χ2n) is 7.19. The first kappa shape index (κ1) is 22.7. The molecule has 3 rings (SSSR count). The number of halogens is 1. The molecule has 0 radical (unpaired) electrons. The maximum Gasteiger partial charge on any atom is 0.237 e. The van der Waals surface area contributed by atoms with Gasteiger partial charge in [-0.15, -0.1) is 11.8 Å². The number of hydrogen-bond donors (Lipinski definition) is 2. The summed E-state index contributed by atoms with van der Waals surface area (Å²) < 4.78 is 25.8. The van der Waals surface area contributed by atoms with Crippen LogP contribution < -0.4 is 10.6 Å². The Bertz CT molecular complexity index is 1060. The van der Waals surface area contributed by atoms with E-state index in [0.717, 1.165) is 10.5 Å². The first-order valence-electron chi connectivity index (χ1n) is 9.53. The Morgan fingerprint density at radius 1 is 1.23 bits per heavy atom. The fourth-order valence-electron chi connectivity index (χ4n) is 3.04. The maximum atomic E-state index is 12.9. The van der Waals surface area contributed by atoms with Crippen LogP contribution in [0.1, 0.15) is 25.8 Å². The zero-order valence-electron chi connectivity index (χ0n) is 16.6. The van der Waals surface area contributed by atoms with Crippen LogP contribution in [0.15, 0.2) is 52.3 Å². The molecular weight excluding hydrogens is 444 g/mol. The number of carbonyl (C=O) groups excluding carboxylic acids is 2. The number of sulfone groups is 1. The van der Waals surface area contributed by atoms with Gasteiger partial charge in [0.2, 0.25) is 11.8 Å². The molecule has 2 aromatic rings. The Morgan fingerprint density at radius 3 is 2.63 bits per heavy atom. The predicted octanol–water partition coefficient (Wildman–Crippen LogP) is 3.68. The molecule has 160 valence electrons. The molecule has 0 saturated carbocycles. The van der Waals surface area contributed by atoms with Crippen molar-refractivity contribution in [3.8, 4) is 0 Å². The Morgan fingerprint density at radius 2 is 1.93 bits per heavy atom. The number of anilines is 1. The third-order valence-electron chi connectivity index (χ3n) is 4.86. The second kappa shape index (κ2) is 9.41. The normalized spacial score (nSPS) is 17.0. The van der Waals surface area contributed by atoms with Gasteiger partial charge in [-0.2, -0.15) is 0 Å². The number of benzene rings is 2. The topological polar surface area (TPSA) is 92.3 Å². The minimum Gasteiger partial charge on any atom is -0.356 e. The van der Waals surface area contributed by atoms with Crippen molar-refractivity contribution in [3.63, 3.8) is 0 Å². The molecule has 0 fully saturated rings. The van der Waals surface area contributed by atoms with Gasteiger partial charge in [0.25, 0.3) is 0 Å². The van der Waals surface area contributed by atoms with Gasteiger partial charge in [-0.1, -0.05) is 23.7 Å². The summed E-state index contributed by atoms with van der Waals surface area (Å²) in [7, 11) is -3.72. The van der Waals surface area contributed by atoms with Gasteiger partial charge in [0.15, 0.2) is 9.84 Å². The quantitative estimate of drug-likeness (QED) is 0.649. The summed E-state index contributed by atoms with van der Waals surface area (Å²) in [4.78, 5) is 25.0. The Labute approximate surface area is 185 Å². The lowest BCUT2D eigenvalue weighted by atomic mass is 10.1. The molecule has 1 heterocycles. The highest BCUT2D eigenvalue weighted by molar-refractivity contribution is 8.01. The maximum absolute atomic E-state index is 12.9. The number of amides is 2. The summed E-state index contributed by atoms with van der Waals surface area (Å²) in [5.74, 6) is -0.481. The largest absolute Gasteiger partial charge is 0.356 e. The van der Waals surface area contributed by atoms with Crippen LogP contribution in [0.2, 0.25) is 5.02 Å². The molecule has 1 aliphatic rings. The molecule has 0 aliphatic carbocycles. The van der Waals surface area contributed by atoms with E-state index in [4.69, 9.17) is 11.6 Å². The summed E-state index contributed by atoms with van der Waals surface area (Å²) in [5.41, 5.74) is 1.52. The number of fused-ring (bicyclic) bond motifs is 1. The van der Waals surface area contributed by atoms with E-state index in [1.807, 2.05) is 12.1 Å². The molecule has 0 spiro atoms. The van der Waals surface area contributed by atoms with Crippen molar-refractivity contribution >= 4 is 50.7 Å². The van der Waals surface area contributed by atoms with Crippen LogP contribution in [0.5, 0.6) is 0 Å². The van der Waals surface area contributed by atoms with Gasteiger partial charge in [-0.3, -0.25) is 9.59 Å². The highest BCUT2D eigenvalue weighted by atomic mass is 35.5. The Kier molecular flexibility index (Phi) is 7.10. The van der Waals surface area contributed by atoms with E-state index in [9.17, 15) is 18.0 Å². The molecule has 0 aromatic heterocycles. The predicted molar refractivity (Wildman–Crippen MR) is 120 cm³/mol. The number of nitrogens with one attached hydrogen (secondary N) is 2. The number of rotatable bonds is 7. The first-order chi connectivity index (χ1) is 14.2. The standard InChI is InChI=1S/C21H23ClN2O4S2/c1-13(11-20(25)23-10-9-15-3-5-16(22)6-4-15)30(27,28)17-7-8-19-18(12-17)24-21(26)14(2)29-19/h3-8,12-14H,9-11H2,1-2H3,(H,23,25)(H,24,26)/t13-,14+/m1/s1. The van der Waals surface area contributed by atoms with Gasteiger partial charge < -0.3 is 10.6 Å². The zero-order chi connectivity index (χ0) is 21.9. The summed E-state index contributed by atoms with van der Waals surface area (Å²) in [6, 6.07) is 12.0. The number of thioether (sulfide) groups is 1. The molecule has 9 heteroatoms. The van der Waals surface area contributed by atoms with Crippen molar-refractivity contribution in [2.75, 3.05) is 11.9 Å². The highest BCUT2D eigenvalue weighted by Crippen LogP contribution is 2.37. The average Bonchev–Trinajstić information content (AvgIpc) is 2.70. The first-order valence-corrected chi connectivity index (χ1v) is 12.3. The SMILES string of the molecule is C[C@@H]1Sc2ccc(S(=O)(=O)[C@H](C)CC(=O)NCCc3ccc(Cl)cc3)cc2NC1=O. The lowest BCUT2D eigenvalue weighted by Gasteiger charge is -2.22. The average molecular weight is 467 g/mol. The van der Waals surface area contributed by atoms with E-state index in [-0.39, 0.29) is 28.4 Å². The number of hydrogen-bond acceptors (Lipinski definition) is 5. The van der Waals surface area contributed by atoms with Crippen LogP contribution in [0.25, 0.3) is 0 Å². The minimum atomic E-state index is -3.72. The highest BCUT2D eigenvalue weighted by Gasteiger charge is 2.29. The summed E-state index contributed by atoms with van der Waals surface area (Å²) in [6.45, 7) is 3.72. The van der Waals surface area contributed by atoms with E-state index in [1.165, 1.54) is 30.8 Å². The zero-order valence-corrected chi connectivity index (χ0v) is 19.0. The monoisotopic (exact) mass is 466 g/mol. The van der Waals surface area contributed by atoms with E-state index >= 15 is 0 Å². The van der Waals surface area contributed by atoms with Gasteiger partial charge in [-0.25, -0.2) is 8.42 Å². The summed E-state index contributed by atoms with van der Waals surface area (Å²) >= 11 is 7.24. The molecule has 30 heavy (non-hydrogen) atoms. The fraction of sp³-hybridized carbons (Fsp3) is 0.333. The van der Waals surface area contributed by atoms with Crippen LogP contribution in [0.4, 0.5) is 5.69 Å². The van der Waals surface area contributed by atoms with Gasteiger partial charge in [0.05, 0.1) is 21.1 Å². The summed E-state index contributed by atoms with van der Waals surface area (Å²) in [5, 5.41) is 5.03. The fourth-order valence-corrected chi connectivity index (χ4v) is 5.47. The van der Waals surface area contributed by atoms with Crippen LogP contribution >= 0.6 is 23.4 Å². The van der Waals surface area contributed by atoms with Gasteiger partial charge in [0.1, 0.15) is 0 Å². The third kappa shape index (κ3) is 5.36. The van der Waals surface area contributed by atoms with Crippen LogP contribution in [0.3, 0.4) is 0 Å². The van der Waals surface area contributed by atoms with Crippen molar-refractivity contribution in [2.45, 2.75) is 47.0 Å². The molecule has 0 unspecified atom stereocenters. The Balaban J connectivity index is 1.59. The lowest BCUT2D eigenvalue weighted by Crippen LogP contribution is -2.31. The molecule has 2 N–H and O–H groups in total. The van der Waals surface area contributed by atoms with Crippen molar-refractivity contribution in [1.29, 1.82) is 0 Å². The molecule has 2 aromatic carbocycles. The van der Waals surface area contributed by atoms with Gasteiger partial charge in [-0.05, 0) is 56.2 Å². The lowest BCUT2D eigenvalue weighted by molar-refractivity contribution is -0.121. The third-order valence-corrected chi connectivity index (χ3v) is 8.43. The van der Waals surface area contributed by atoms with Crippen molar-refractivity contribution < 1.29 is 18.0 Å². The van der Waals surface area contributed by atoms with Crippen LogP contribution in [0, 0.1) is 0 Å². The molecule has 0 bridgehead atoms. The van der Waals surface area contributed by atoms with E-state index in [1.54, 1.807) is 25.1 Å². The molecular formula is C21H23ClN2O4S2. The molecule has 2 amide bonds. The van der Waals surface area contributed by atoms with Crippen LogP contribution in [-0.2, 0) is 25.8 Å². The molecule has 1 aliphatic heterocycles. The van der Waals surface area contributed by atoms with Crippen molar-refractivity contribution in [2.24, 2.45) is 0 Å². The molecule has 6 nitrogen and oxygen atoms in total. The van der Waals surface area contributed by atoms with Gasteiger partial charge >= 0.3 is 0 Å².